The Morgan fingerprint density at radius 1 is 1.25 bits per heavy atom. The maximum atomic E-state index is 3.55. The average molecular weight is 331 g/mol. The van der Waals surface area contributed by atoms with E-state index in [1.54, 1.807) is 0 Å². The number of benzene rings is 2. The first kappa shape index (κ1) is 13.5. The second-order valence-electron chi connectivity index (χ2n) is 5.29. The van der Waals surface area contributed by atoms with Crippen LogP contribution < -0.4 is 10.6 Å². The first-order chi connectivity index (χ1) is 9.74. The van der Waals surface area contributed by atoms with Crippen molar-refractivity contribution >= 4 is 27.3 Å². The van der Waals surface area contributed by atoms with Crippen molar-refractivity contribution in [1.29, 1.82) is 0 Å². The van der Waals surface area contributed by atoms with Crippen molar-refractivity contribution in [1.82, 2.24) is 0 Å². The number of para-hydroxylation sites is 1. The molecule has 2 N–H and O–H groups in total. The van der Waals surface area contributed by atoms with Crippen LogP contribution >= 0.6 is 15.9 Å². The summed E-state index contributed by atoms with van der Waals surface area (Å²) in [7, 11) is 0. The van der Waals surface area contributed by atoms with Gasteiger partial charge in [0.15, 0.2) is 0 Å². The van der Waals surface area contributed by atoms with Crippen LogP contribution in [0, 0.1) is 6.92 Å². The number of fused-ring (bicyclic) bond motifs is 1. The molecule has 0 radical (unpaired) electrons. The van der Waals surface area contributed by atoms with Crippen molar-refractivity contribution in [3.63, 3.8) is 0 Å². The number of aryl methyl sites for hydroxylation is 2. The highest BCUT2D eigenvalue weighted by Crippen LogP contribution is 2.27. The Labute approximate surface area is 128 Å². The van der Waals surface area contributed by atoms with E-state index in [9.17, 15) is 0 Å². The van der Waals surface area contributed by atoms with E-state index in [1.165, 1.54) is 40.9 Å². The van der Waals surface area contributed by atoms with Crippen LogP contribution in [-0.2, 0) is 13.0 Å². The van der Waals surface area contributed by atoms with Crippen molar-refractivity contribution < 1.29 is 0 Å². The highest BCUT2D eigenvalue weighted by Gasteiger charge is 2.12. The molecule has 1 heterocycles. The molecule has 0 saturated heterocycles. The van der Waals surface area contributed by atoms with Crippen LogP contribution in [0.2, 0.25) is 0 Å². The van der Waals surface area contributed by atoms with Gasteiger partial charge in [0, 0.05) is 28.9 Å². The smallest absolute Gasteiger partial charge is 0.0423 e. The number of halogens is 1. The average Bonchev–Trinajstić information content (AvgIpc) is 2.46. The number of hydrogen-bond donors (Lipinski definition) is 2. The lowest BCUT2D eigenvalue weighted by atomic mass is 9.99. The molecule has 0 unspecified atom stereocenters. The Morgan fingerprint density at radius 3 is 3.00 bits per heavy atom. The van der Waals surface area contributed by atoms with E-state index >= 15 is 0 Å². The lowest BCUT2D eigenvalue weighted by Crippen LogP contribution is -2.15. The van der Waals surface area contributed by atoms with E-state index in [0.717, 1.165) is 17.6 Å². The van der Waals surface area contributed by atoms with Gasteiger partial charge in [-0.2, -0.15) is 0 Å². The van der Waals surface area contributed by atoms with E-state index in [0.29, 0.717) is 0 Å². The highest BCUT2D eigenvalue weighted by molar-refractivity contribution is 9.10. The van der Waals surface area contributed by atoms with Crippen LogP contribution in [0.25, 0.3) is 0 Å². The molecule has 2 aromatic carbocycles. The minimum absolute atomic E-state index is 0.860. The van der Waals surface area contributed by atoms with Crippen molar-refractivity contribution in [2.24, 2.45) is 0 Å². The van der Waals surface area contributed by atoms with Crippen molar-refractivity contribution in [2.45, 2.75) is 26.3 Å². The number of rotatable bonds is 3. The van der Waals surface area contributed by atoms with E-state index in [-0.39, 0.29) is 0 Å². The minimum Gasteiger partial charge on any atom is -0.385 e. The second-order valence-corrected chi connectivity index (χ2v) is 6.21. The topological polar surface area (TPSA) is 24.1 Å². The number of hydrogen-bond acceptors (Lipinski definition) is 2. The molecule has 3 heteroatoms. The minimum atomic E-state index is 0.860. The molecule has 0 bridgehead atoms. The molecule has 1 aliphatic rings. The van der Waals surface area contributed by atoms with Crippen LogP contribution in [0.3, 0.4) is 0 Å². The molecular formula is C17H19BrN2. The zero-order chi connectivity index (χ0) is 13.9. The van der Waals surface area contributed by atoms with Gasteiger partial charge >= 0.3 is 0 Å². The molecule has 0 saturated carbocycles. The Morgan fingerprint density at radius 2 is 2.15 bits per heavy atom. The Bertz CT molecular complexity index is 622. The Balaban J connectivity index is 1.78. The maximum Gasteiger partial charge on any atom is 0.0423 e. The van der Waals surface area contributed by atoms with Gasteiger partial charge in [0.2, 0.25) is 0 Å². The molecule has 3 rings (SSSR count). The van der Waals surface area contributed by atoms with Gasteiger partial charge in [-0.3, -0.25) is 0 Å². The first-order valence-electron chi connectivity index (χ1n) is 7.09. The van der Waals surface area contributed by atoms with Crippen LogP contribution in [-0.4, -0.2) is 6.54 Å². The number of anilines is 2. The Kier molecular flexibility index (Phi) is 3.97. The Hall–Kier alpha value is -1.48. The van der Waals surface area contributed by atoms with Crippen LogP contribution in [0.5, 0.6) is 0 Å². The van der Waals surface area contributed by atoms with E-state index in [2.05, 4.69) is 69.9 Å². The quantitative estimate of drug-likeness (QED) is 0.850. The molecule has 2 nitrogen and oxygen atoms in total. The molecule has 1 aliphatic heterocycles. The largest absolute Gasteiger partial charge is 0.385 e. The lowest BCUT2D eigenvalue weighted by Gasteiger charge is -2.22. The molecule has 2 aromatic rings. The van der Waals surface area contributed by atoms with Crippen molar-refractivity contribution in [3.8, 4) is 0 Å². The summed E-state index contributed by atoms with van der Waals surface area (Å²) in [6.07, 6.45) is 2.42. The molecule has 0 aliphatic carbocycles. The summed E-state index contributed by atoms with van der Waals surface area (Å²) in [6.45, 7) is 4.08. The van der Waals surface area contributed by atoms with E-state index in [4.69, 9.17) is 0 Å². The predicted octanol–water partition coefficient (Wildman–Crippen LogP) is 4.73. The predicted molar refractivity (Wildman–Crippen MR) is 89.5 cm³/mol. The van der Waals surface area contributed by atoms with Crippen LogP contribution in [0.15, 0.2) is 40.9 Å². The fourth-order valence-corrected chi connectivity index (χ4v) is 3.22. The summed E-state index contributed by atoms with van der Waals surface area (Å²) in [4.78, 5) is 0. The van der Waals surface area contributed by atoms with E-state index in [1.807, 2.05) is 0 Å². The molecule has 0 atom stereocenters. The summed E-state index contributed by atoms with van der Waals surface area (Å²) in [6, 6.07) is 12.9. The third kappa shape index (κ3) is 2.83. The third-order valence-corrected chi connectivity index (χ3v) is 4.31. The highest BCUT2D eigenvalue weighted by atomic mass is 79.9. The van der Waals surface area contributed by atoms with Gasteiger partial charge in [-0.25, -0.2) is 0 Å². The zero-order valence-electron chi connectivity index (χ0n) is 11.7. The van der Waals surface area contributed by atoms with Gasteiger partial charge < -0.3 is 10.6 Å². The first-order valence-corrected chi connectivity index (χ1v) is 7.88. The summed E-state index contributed by atoms with van der Waals surface area (Å²) in [5.74, 6) is 0. The fourth-order valence-electron chi connectivity index (χ4n) is 2.74. The summed E-state index contributed by atoms with van der Waals surface area (Å²) >= 11 is 3.50. The molecule has 0 spiro atoms. The van der Waals surface area contributed by atoms with Gasteiger partial charge in [0.1, 0.15) is 0 Å². The van der Waals surface area contributed by atoms with Crippen LogP contribution in [0.4, 0.5) is 11.4 Å². The van der Waals surface area contributed by atoms with Gasteiger partial charge in [-0.05, 0) is 54.7 Å². The summed E-state index contributed by atoms with van der Waals surface area (Å²) in [5.41, 5.74) is 6.59. The van der Waals surface area contributed by atoms with Crippen molar-refractivity contribution in [3.05, 3.63) is 57.6 Å². The molecule has 0 amide bonds. The van der Waals surface area contributed by atoms with Crippen molar-refractivity contribution in [2.75, 3.05) is 17.2 Å². The van der Waals surface area contributed by atoms with Gasteiger partial charge in [-0.1, -0.05) is 34.1 Å². The fraction of sp³-hybridized carbons (Fsp3) is 0.294. The normalized spacial score (nSPS) is 13.5. The van der Waals surface area contributed by atoms with Gasteiger partial charge in [-0.15, -0.1) is 0 Å². The standard InChI is InChI=1S/C17H19BrN2/c1-12-10-15(18)7-8-16(12)20-11-14-5-2-4-13-6-3-9-19-17(13)14/h2,4-5,7-8,10,19-20H,3,6,9,11H2,1H3. The summed E-state index contributed by atoms with van der Waals surface area (Å²) in [5, 5.41) is 7.09. The SMILES string of the molecule is Cc1cc(Br)ccc1NCc1cccc2c1NCCC2. The monoisotopic (exact) mass is 330 g/mol. The van der Waals surface area contributed by atoms with Gasteiger partial charge in [0.05, 0.1) is 0 Å². The molecule has 104 valence electrons. The second kappa shape index (κ2) is 5.88. The molecular weight excluding hydrogens is 312 g/mol. The van der Waals surface area contributed by atoms with E-state index < -0.39 is 0 Å². The maximum absolute atomic E-state index is 3.55. The molecule has 20 heavy (non-hydrogen) atoms. The zero-order valence-corrected chi connectivity index (χ0v) is 13.3. The lowest BCUT2D eigenvalue weighted by molar-refractivity contribution is 0.825. The van der Waals surface area contributed by atoms with Gasteiger partial charge in [0.25, 0.3) is 0 Å². The number of nitrogens with one attached hydrogen (secondary N) is 2. The van der Waals surface area contributed by atoms with Crippen LogP contribution in [0.1, 0.15) is 23.1 Å². The molecule has 0 fully saturated rings. The molecule has 0 aromatic heterocycles. The third-order valence-electron chi connectivity index (χ3n) is 3.82. The summed E-state index contributed by atoms with van der Waals surface area (Å²) < 4.78 is 1.12.